The van der Waals surface area contributed by atoms with E-state index in [1.165, 1.54) is 4.90 Å². The molecule has 214 valence electrons. The van der Waals surface area contributed by atoms with Gasteiger partial charge in [-0.1, -0.05) is 52.8 Å². The van der Waals surface area contributed by atoms with Crippen LogP contribution in [0.1, 0.15) is 64.4 Å². The second-order valence-electron chi connectivity index (χ2n) is 10.7. The number of carbonyl (C=O) groups excluding carboxylic acids is 4. The lowest BCUT2D eigenvalue weighted by Gasteiger charge is -2.23. The molecule has 3 rings (SSSR count). The van der Waals surface area contributed by atoms with Crippen LogP contribution in [0.2, 0.25) is 0 Å². The Bertz CT molecular complexity index is 1120. The van der Waals surface area contributed by atoms with Crippen molar-refractivity contribution >= 4 is 40.6 Å². The smallest absolute Gasteiger partial charge is 0.323 e. The zero-order valence-corrected chi connectivity index (χ0v) is 23.3. The van der Waals surface area contributed by atoms with E-state index in [-0.39, 0.29) is 30.6 Å². The van der Waals surface area contributed by atoms with E-state index in [2.05, 4.69) is 36.7 Å². The minimum Gasteiger partial charge on any atom is -0.480 e. The number of hydrogen-bond acceptors (Lipinski definition) is 6. The molecule has 1 aromatic heterocycles. The van der Waals surface area contributed by atoms with Gasteiger partial charge in [0.2, 0.25) is 5.91 Å². The molecule has 1 aromatic carbocycles. The summed E-state index contributed by atoms with van der Waals surface area (Å²) in [4.78, 5) is 62.6. The number of carboxylic acid groups (broad SMARTS) is 1. The Balaban J connectivity index is 0.00000124. The van der Waals surface area contributed by atoms with Crippen LogP contribution in [0.3, 0.4) is 0 Å². The molecule has 39 heavy (non-hydrogen) atoms. The topological polar surface area (TPSA) is 158 Å². The quantitative estimate of drug-likeness (QED) is 0.397. The van der Waals surface area contributed by atoms with E-state index in [0.29, 0.717) is 24.8 Å². The largest absolute Gasteiger partial charge is 0.480 e. The van der Waals surface area contributed by atoms with Crippen molar-refractivity contribution in [3.05, 3.63) is 36.1 Å². The highest BCUT2D eigenvalue weighted by Crippen LogP contribution is 2.19. The zero-order valence-electron chi connectivity index (χ0n) is 23.3. The molecule has 1 aliphatic heterocycles. The molecule has 11 heteroatoms. The van der Waals surface area contributed by atoms with Gasteiger partial charge >= 0.3 is 12.0 Å². The molecule has 1 aliphatic rings. The summed E-state index contributed by atoms with van der Waals surface area (Å²) in [5.41, 5.74) is 0.559. The fourth-order valence-corrected chi connectivity index (χ4v) is 3.91. The summed E-state index contributed by atoms with van der Waals surface area (Å²) in [5, 5.41) is 17.1. The van der Waals surface area contributed by atoms with Crippen LogP contribution in [-0.2, 0) is 14.4 Å². The van der Waals surface area contributed by atoms with Crippen LogP contribution < -0.4 is 16.0 Å². The summed E-state index contributed by atoms with van der Waals surface area (Å²) in [5.74, 6) is -1.58. The molecule has 0 spiro atoms. The normalized spacial score (nSPS) is 16.2. The Morgan fingerprint density at radius 3 is 2.38 bits per heavy atom. The van der Waals surface area contributed by atoms with Crippen LogP contribution >= 0.6 is 0 Å². The van der Waals surface area contributed by atoms with Crippen molar-refractivity contribution in [1.29, 1.82) is 0 Å². The number of nitrogens with zero attached hydrogens (tertiary/aromatic N) is 1. The van der Waals surface area contributed by atoms with Crippen molar-refractivity contribution in [2.45, 2.75) is 66.0 Å². The van der Waals surface area contributed by atoms with Gasteiger partial charge in [0.1, 0.15) is 18.2 Å². The average Bonchev–Trinajstić information content (AvgIpc) is 3.20. The minimum absolute atomic E-state index is 0.0833. The molecular weight excluding hydrogens is 504 g/mol. The third-order valence-electron chi connectivity index (χ3n) is 5.63. The van der Waals surface area contributed by atoms with Crippen molar-refractivity contribution in [1.82, 2.24) is 20.9 Å². The molecule has 0 radical (unpaired) electrons. The first-order chi connectivity index (χ1) is 18.4. The van der Waals surface area contributed by atoms with Gasteiger partial charge in [0.05, 0.1) is 12.6 Å². The number of aliphatic carboxylic acids is 1. The van der Waals surface area contributed by atoms with Gasteiger partial charge in [-0.2, -0.15) is 0 Å². The molecule has 1 unspecified atom stereocenters. The molecule has 11 nitrogen and oxygen atoms in total. The first-order valence-corrected chi connectivity index (χ1v) is 13.2. The maximum atomic E-state index is 13.1. The predicted molar refractivity (Wildman–Crippen MR) is 146 cm³/mol. The number of benzene rings is 1. The summed E-state index contributed by atoms with van der Waals surface area (Å²) >= 11 is 0. The van der Waals surface area contributed by atoms with E-state index in [1.807, 2.05) is 26.0 Å². The van der Waals surface area contributed by atoms with Gasteiger partial charge in [-0.15, -0.1) is 0 Å². The van der Waals surface area contributed by atoms with Crippen molar-refractivity contribution in [2.24, 2.45) is 11.8 Å². The van der Waals surface area contributed by atoms with Crippen molar-refractivity contribution in [2.75, 3.05) is 19.6 Å². The number of rotatable bonds is 8. The van der Waals surface area contributed by atoms with Crippen molar-refractivity contribution in [3.63, 3.8) is 0 Å². The Kier molecular flexibility index (Phi) is 12.0. The lowest BCUT2D eigenvalue weighted by molar-refractivity contribution is -0.135. The standard InChI is InChI=1S/C24H30N4O7.C4H10/c1-14(2)10-17(27-23(33)20-11-15-6-3-4-8-19(15)35-20)22(32)26-16-7-5-9-28(13-18(16)29)24(34)25-12-21(30)31;1-4(2)3/h3-4,6,8,11,14,16-17H,5,7,9-10,12-13H2,1-2H3,(H,25,34)(H,26,32)(H,27,33)(H,30,31);4H,1-3H3/t16?,17-;/m0./s1. The van der Waals surface area contributed by atoms with E-state index < -0.39 is 42.4 Å². The van der Waals surface area contributed by atoms with Crippen LogP contribution in [0, 0.1) is 11.8 Å². The number of likely N-dealkylation sites (tertiary alicyclic amines) is 1. The number of furan rings is 1. The van der Waals surface area contributed by atoms with Crippen LogP contribution in [-0.4, -0.2) is 71.3 Å². The lowest BCUT2D eigenvalue weighted by Crippen LogP contribution is -2.53. The zero-order chi connectivity index (χ0) is 29.1. The maximum absolute atomic E-state index is 13.1. The average molecular weight is 545 g/mol. The van der Waals surface area contributed by atoms with Gasteiger partial charge in [-0.25, -0.2) is 4.79 Å². The van der Waals surface area contributed by atoms with Crippen LogP contribution in [0.15, 0.2) is 34.7 Å². The molecule has 2 heterocycles. The highest BCUT2D eigenvalue weighted by molar-refractivity contribution is 5.99. The van der Waals surface area contributed by atoms with Crippen LogP contribution in [0.4, 0.5) is 4.79 Å². The van der Waals surface area contributed by atoms with Crippen LogP contribution in [0.25, 0.3) is 11.0 Å². The molecule has 4 N–H and O–H groups in total. The number of nitrogens with one attached hydrogen (secondary N) is 3. The Labute approximate surface area is 228 Å². The molecule has 4 amide bonds. The molecule has 0 saturated carbocycles. The fraction of sp³-hybridized carbons (Fsp3) is 0.536. The first kappa shape index (κ1) is 31.3. The van der Waals surface area contributed by atoms with E-state index in [4.69, 9.17) is 9.52 Å². The monoisotopic (exact) mass is 544 g/mol. The predicted octanol–water partition coefficient (Wildman–Crippen LogP) is 3.18. The summed E-state index contributed by atoms with van der Waals surface area (Å²) in [6, 6.07) is 6.43. The second kappa shape index (κ2) is 14.9. The third-order valence-corrected chi connectivity index (χ3v) is 5.63. The van der Waals surface area contributed by atoms with E-state index >= 15 is 0 Å². The maximum Gasteiger partial charge on any atom is 0.323 e. The number of carbonyl (C=O) groups is 5. The summed E-state index contributed by atoms with van der Waals surface area (Å²) in [6.45, 7) is 9.78. The molecule has 1 saturated heterocycles. The van der Waals surface area contributed by atoms with E-state index in [9.17, 15) is 24.0 Å². The SMILES string of the molecule is CC(C)C.CC(C)C[C@H](NC(=O)c1cc2ccccc2o1)C(=O)NC1CCCN(C(=O)NCC(=O)O)CC1=O. The summed E-state index contributed by atoms with van der Waals surface area (Å²) in [7, 11) is 0. The Morgan fingerprint density at radius 1 is 1.10 bits per heavy atom. The lowest BCUT2D eigenvalue weighted by atomic mass is 10.0. The number of para-hydroxylation sites is 1. The highest BCUT2D eigenvalue weighted by Gasteiger charge is 2.31. The second-order valence-corrected chi connectivity index (χ2v) is 10.7. The molecular formula is C28H40N4O7. The Morgan fingerprint density at radius 2 is 1.77 bits per heavy atom. The number of Topliss-reactive ketones (excluding diaryl/α,β-unsaturated/α-hetero) is 1. The summed E-state index contributed by atoms with van der Waals surface area (Å²) < 4.78 is 5.59. The van der Waals surface area contributed by atoms with E-state index in [1.54, 1.807) is 18.2 Å². The van der Waals surface area contributed by atoms with Crippen molar-refractivity contribution in [3.8, 4) is 0 Å². The third kappa shape index (κ3) is 10.4. The number of amides is 4. The number of fused-ring (bicyclic) bond motifs is 1. The number of urea groups is 1. The molecule has 0 aliphatic carbocycles. The number of carboxylic acids is 1. The highest BCUT2D eigenvalue weighted by atomic mass is 16.4. The molecule has 1 fully saturated rings. The van der Waals surface area contributed by atoms with Gasteiger partial charge < -0.3 is 30.4 Å². The number of hydrogen-bond donors (Lipinski definition) is 4. The first-order valence-electron chi connectivity index (χ1n) is 13.2. The number of ketones is 1. The molecule has 0 bridgehead atoms. The van der Waals surface area contributed by atoms with Gasteiger partial charge in [0, 0.05) is 11.9 Å². The Hall–Kier alpha value is -3.89. The minimum atomic E-state index is -1.19. The van der Waals surface area contributed by atoms with Gasteiger partial charge in [-0.3, -0.25) is 19.2 Å². The molecule has 2 atom stereocenters. The fourth-order valence-electron chi connectivity index (χ4n) is 3.91. The summed E-state index contributed by atoms with van der Waals surface area (Å²) in [6.07, 6.45) is 1.11. The van der Waals surface area contributed by atoms with Crippen molar-refractivity contribution < 1.29 is 33.5 Å². The van der Waals surface area contributed by atoms with Gasteiger partial charge in [-0.05, 0) is 43.2 Å². The van der Waals surface area contributed by atoms with Gasteiger partial charge in [0.15, 0.2) is 11.5 Å². The van der Waals surface area contributed by atoms with Gasteiger partial charge in [0.25, 0.3) is 5.91 Å². The van der Waals surface area contributed by atoms with Crippen LogP contribution in [0.5, 0.6) is 0 Å². The molecule has 2 aromatic rings. The van der Waals surface area contributed by atoms with E-state index in [0.717, 1.165) is 11.3 Å².